The minimum absolute atomic E-state index is 0.105. The van der Waals surface area contributed by atoms with Crippen molar-refractivity contribution in [2.45, 2.75) is 38.0 Å². The molecule has 6 nitrogen and oxygen atoms in total. The molecule has 9 heteroatoms. The molecule has 1 aliphatic heterocycles. The van der Waals surface area contributed by atoms with Gasteiger partial charge in [0.1, 0.15) is 17.6 Å². The summed E-state index contributed by atoms with van der Waals surface area (Å²) in [7, 11) is 3.10. The molecule has 1 aromatic rings. The van der Waals surface area contributed by atoms with Gasteiger partial charge >= 0.3 is 6.18 Å². The van der Waals surface area contributed by atoms with Crippen LogP contribution in [0.1, 0.15) is 36.0 Å². The van der Waals surface area contributed by atoms with Crippen molar-refractivity contribution in [3.8, 4) is 11.5 Å². The lowest BCUT2D eigenvalue weighted by Gasteiger charge is -2.32. The third-order valence-electron chi connectivity index (χ3n) is 4.79. The molecule has 29 heavy (non-hydrogen) atoms. The van der Waals surface area contributed by atoms with Gasteiger partial charge < -0.3 is 24.4 Å². The van der Waals surface area contributed by atoms with Gasteiger partial charge in [-0.15, -0.1) is 0 Å². The number of carbonyl (C=O) groups excluding carboxylic acids is 1. The highest BCUT2D eigenvalue weighted by Crippen LogP contribution is 2.28. The van der Waals surface area contributed by atoms with Crippen molar-refractivity contribution in [2.75, 3.05) is 47.0 Å². The van der Waals surface area contributed by atoms with Gasteiger partial charge in [-0.2, -0.15) is 13.2 Å². The molecular weight excluding hydrogens is 389 g/mol. The van der Waals surface area contributed by atoms with Crippen molar-refractivity contribution in [2.24, 2.45) is 0 Å². The number of likely N-dealkylation sites (tertiary alicyclic amines) is 1. The molecule has 0 radical (unpaired) electrons. The van der Waals surface area contributed by atoms with Crippen LogP contribution in [-0.4, -0.2) is 70.1 Å². The van der Waals surface area contributed by atoms with E-state index in [2.05, 4.69) is 5.32 Å². The number of carbonyl (C=O) groups is 1. The molecule has 0 aliphatic carbocycles. The highest BCUT2D eigenvalue weighted by Gasteiger charge is 2.28. The van der Waals surface area contributed by atoms with E-state index in [-0.39, 0.29) is 18.4 Å². The van der Waals surface area contributed by atoms with E-state index in [4.69, 9.17) is 14.2 Å². The van der Waals surface area contributed by atoms with Crippen LogP contribution in [0.5, 0.6) is 11.5 Å². The van der Waals surface area contributed by atoms with Gasteiger partial charge in [-0.05, 0) is 37.9 Å². The van der Waals surface area contributed by atoms with Gasteiger partial charge in [0, 0.05) is 39.2 Å². The summed E-state index contributed by atoms with van der Waals surface area (Å²) in [6.45, 7) is 2.56. The number of piperidine rings is 1. The number of methoxy groups -OCH3 is 2. The topological polar surface area (TPSA) is 60.0 Å². The summed E-state index contributed by atoms with van der Waals surface area (Å²) in [5, 5.41) is 2.77. The van der Waals surface area contributed by atoms with Crippen molar-refractivity contribution in [1.82, 2.24) is 10.2 Å². The fraction of sp³-hybridized carbons (Fsp3) is 0.650. The number of benzene rings is 1. The van der Waals surface area contributed by atoms with Crippen LogP contribution in [0.2, 0.25) is 0 Å². The molecule has 0 aromatic heterocycles. The van der Waals surface area contributed by atoms with Crippen LogP contribution in [0.15, 0.2) is 18.2 Å². The maximum Gasteiger partial charge on any atom is 0.389 e. The molecule has 1 fully saturated rings. The number of halogens is 3. The Morgan fingerprint density at radius 2 is 1.97 bits per heavy atom. The number of ether oxygens (including phenoxy) is 3. The molecule has 0 saturated carbocycles. The minimum Gasteiger partial charge on any atom is -0.497 e. The predicted octanol–water partition coefficient (Wildman–Crippen LogP) is 3.26. The minimum atomic E-state index is -4.10. The summed E-state index contributed by atoms with van der Waals surface area (Å²) in [6, 6.07) is 5.03. The monoisotopic (exact) mass is 418 g/mol. The molecule has 0 atom stereocenters. The summed E-state index contributed by atoms with van der Waals surface area (Å²) in [5.41, 5.74) is 0.412. The normalized spacial score (nSPS) is 15.9. The largest absolute Gasteiger partial charge is 0.497 e. The van der Waals surface area contributed by atoms with Crippen LogP contribution in [0.25, 0.3) is 0 Å². The average molecular weight is 418 g/mol. The summed E-state index contributed by atoms with van der Waals surface area (Å²) < 4.78 is 53.1. The van der Waals surface area contributed by atoms with Gasteiger partial charge in [-0.1, -0.05) is 0 Å². The second-order valence-corrected chi connectivity index (χ2v) is 6.99. The third-order valence-corrected chi connectivity index (χ3v) is 4.79. The molecule has 1 amide bonds. The SMILES string of the molecule is COCCNC(=O)c1ccc(OC)cc1OC1CCN(CCCC(F)(F)F)CC1. The Labute approximate surface area is 169 Å². The van der Waals surface area contributed by atoms with Gasteiger partial charge in [0.15, 0.2) is 0 Å². The summed E-state index contributed by atoms with van der Waals surface area (Å²) in [6.07, 6.45) is -3.48. The standard InChI is InChI=1S/C20H29F3N2O4/c1-27-13-9-24-19(26)17-5-4-16(28-2)14-18(17)29-15-6-11-25(12-7-15)10-3-8-20(21,22)23/h4-5,14-15H,3,6-13H2,1-2H3,(H,24,26). The highest BCUT2D eigenvalue weighted by atomic mass is 19.4. The fourth-order valence-electron chi connectivity index (χ4n) is 3.21. The maximum atomic E-state index is 12.4. The van der Waals surface area contributed by atoms with Crippen LogP contribution in [0.4, 0.5) is 13.2 Å². The zero-order valence-electron chi connectivity index (χ0n) is 16.9. The fourth-order valence-corrected chi connectivity index (χ4v) is 3.21. The quantitative estimate of drug-likeness (QED) is 0.591. The van der Waals surface area contributed by atoms with Gasteiger partial charge in [0.2, 0.25) is 0 Å². The van der Waals surface area contributed by atoms with E-state index >= 15 is 0 Å². The van der Waals surface area contributed by atoms with Crippen LogP contribution in [0, 0.1) is 0 Å². The van der Waals surface area contributed by atoms with Gasteiger partial charge in [-0.3, -0.25) is 4.79 Å². The maximum absolute atomic E-state index is 12.4. The number of rotatable bonds is 10. The van der Waals surface area contributed by atoms with Gasteiger partial charge in [-0.25, -0.2) is 0 Å². The first-order chi connectivity index (χ1) is 13.8. The number of amides is 1. The van der Waals surface area contributed by atoms with E-state index in [9.17, 15) is 18.0 Å². The molecule has 164 valence electrons. The van der Waals surface area contributed by atoms with Crippen molar-refractivity contribution in [3.05, 3.63) is 23.8 Å². The summed E-state index contributed by atoms with van der Waals surface area (Å²) in [5.74, 6) is 0.761. The molecule has 1 aliphatic rings. The van der Waals surface area contributed by atoms with E-state index in [1.165, 1.54) is 7.11 Å². The molecule has 0 unspecified atom stereocenters. The lowest BCUT2D eigenvalue weighted by Crippen LogP contribution is -2.39. The predicted molar refractivity (Wildman–Crippen MR) is 103 cm³/mol. The molecule has 2 rings (SSSR count). The van der Waals surface area contributed by atoms with Crippen LogP contribution >= 0.6 is 0 Å². The molecule has 0 bridgehead atoms. The lowest BCUT2D eigenvalue weighted by atomic mass is 10.1. The smallest absolute Gasteiger partial charge is 0.389 e. The Kier molecular flexibility index (Phi) is 9.03. The van der Waals surface area contributed by atoms with E-state index in [1.807, 2.05) is 4.90 Å². The van der Waals surface area contributed by atoms with E-state index in [1.54, 1.807) is 25.3 Å². The van der Waals surface area contributed by atoms with Crippen LogP contribution in [-0.2, 0) is 4.74 Å². The van der Waals surface area contributed by atoms with Gasteiger partial charge in [0.25, 0.3) is 5.91 Å². The number of nitrogens with zero attached hydrogens (tertiary/aromatic N) is 1. The van der Waals surface area contributed by atoms with Crippen molar-refractivity contribution >= 4 is 5.91 Å². The first-order valence-corrected chi connectivity index (χ1v) is 9.73. The van der Waals surface area contributed by atoms with E-state index in [0.717, 1.165) is 0 Å². The molecule has 1 saturated heterocycles. The Bertz CT molecular complexity index is 647. The Morgan fingerprint density at radius 1 is 1.24 bits per heavy atom. The number of alkyl halides is 3. The second kappa shape index (κ2) is 11.3. The zero-order chi connectivity index (χ0) is 21.3. The van der Waals surface area contributed by atoms with Crippen molar-refractivity contribution in [3.63, 3.8) is 0 Å². The molecule has 1 N–H and O–H groups in total. The van der Waals surface area contributed by atoms with E-state index < -0.39 is 12.6 Å². The van der Waals surface area contributed by atoms with Crippen molar-refractivity contribution < 1.29 is 32.2 Å². The molecule has 1 heterocycles. The lowest BCUT2D eigenvalue weighted by molar-refractivity contribution is -0.136. The number of hydrogen-bond donors (Lipinski definition) is 1. The number of nitrogens with one attached hydrogen (secondary N) is 1. The summed E-state index contributed by atoms with van der Waals surface area (Å²) >= 11 is 0. The average Bonchev–Trinajstić information content (AvgIpc) is 2.68. The molecule has 0 spiro atoms. The molecular formula is C20H29F3N2O4. The summed E-state index contributed by atoms with van der Waals surface area (Å²) in [4.78, 5) is 14.5. The Hall–Kier alpha value is -2.00. The van der Waals surface area contributed by atoms with E-state index in [0.29, 0.717) is 62.7 Å². The third kappa shape index (κ3) is 8.10. The Balaban J connectivity index is 1.91. The second-order valence-electron chi connectivity index (χ2n) is 6.99. The molecule has 1 aromatic carbocycles. The van der Waals surface area contributed by atoms with Crippen LogP contribution in [0.3, 0.4) is 0 Å². The zero-order valence-corrected chi connectivity index (χ0v) is 16.9. The van der Waals surface area contributed by atoms with Crippen LogP contribution < -0.4 is 14.8 Å². The first-order valence-electron chi connectivity index (χ1n) is 9.73. The van der Waals surface area contributed by atoms with Gasteiger partial charge in [0.05, 0.1) is 19.3 Å². The highest BCUT2D eigenvalue weighted by molar-refractivity contribution is 5.97. The Morgan fingerprint density at radius 3 is 2.59 bits per heavy atom. The number of hydrogen-bond acceptors (Lipinski definition) is 5. The first kappa shape index (κ1) is 23.3. The van der Waals surface area contributed by atoms with Crippen molar-refractivity contribution in [1.29, 1.82) is 0 Å².